The van der Waals surface area contributed by atoms with E-state index in [2.05, 4.69) is 26.6 Å². The molecular formula is C21H16BrClN2O2. The number of amides is 2. The fourth-order valence-corrected chi connectivity index (χ4v) is 3.14. The molecule has 0 aromatic heterocycles. The highest BCUT2D eigenvalue weighted by atomic mass is 79.9. The second-order valence-electron chi connectivity index (χ2n) is 5.93. The maximum atomic E-state index is 12.5. The number of carbonyl (C=O) groups is 2. The average molecular weight is 444 g/mol. The minimum Gasteiger partial charge on any atom is -0.322 e. The van der Waals surface area contributed by atoms with Crippen LogP contribution in [-0.2, 0) is 0 Å². The van der Waals surface area contributed by atoms with Crippen molar-refractivity contribution in [3.05, 3.63) is 92.9 Å². The van der Waals surface area contributed by atoms with Gasteiger partial charge < -0.3 is 10.6 Å². The van der Waals surface area contributed by atoms with E-state index in [9.17, 15) is 9.59 Å². The normalized spacial score (nSPS) is 10.3. The average Bonchev–Trinajstić information content (AvgIpc) is 2.64. The highest BCUT2D eigenvalue weighted by Crippen LogP contribution is 2.23. The molecular weight excluding hydrogens is 428 g/mol. The molecule has 6 heteroatoms. The number of hydrogen-bond acceptors (Lipinski definition) is 2. The van der Waals surface area contributed by atoms with E-state index in [1.807, 2.05) is 25.1 Å². The Bertz CT molecular complexity index is 1020. The van der Waals surface area contributed by atoms with E-state index in [1.165, 1.54) is 0 Å². The Morgan fingerprint density at radius 1 is 0.815 bits per heavy atom. The van der Waals surface area contributed by atoms with Gasteiger partial charge >= 0.3 is 0 Å². The third-order valence-corrected chi connectivity index (χ3v) is 4.76. The van der Waals surface area contributed by atoms with Crippen molar-refractivity contribution < 1.29 is 9.59 Å². The molecule has 0 aliphatic rings. The molecule has 0 unspecified atom stereocenters. The third-order valence-electron chi connectivity index (χ3n) is 3.94. The molecule has 0 aliphatic carbocycles. The van der Waals surface area contributed by atoms with Gasteiger partial charge in [-0.25, -0.2) is 0 Å². The molecule has 27 heavy (non-hydrogen) atoms. The largest absolute Gasteiger partial charge is 0.322 e. The summed E-state index contributed by atoms with van der Waals surface area (Å²) in [6.45, 7) is 1.88. The van der Waals surface area contributed by atoms with Crippen molar-refractivity contribution >= 4 is 50.7 Å². The Kier molecular flexibility index (Phi) is 5.94. The van der Waals surface area contributed by atoms with Gasteiger partial charge in [-0.3, -0.25) is 9.59 Å². The van der Waals surface area contributed by atoms with Gasteiger partial charge in [-0.2, -0.15) is 0 Å². The van der Waals surface area contributed by atoms with Gasteiger partial charge in [0.05, 0.1) is 10.6 Å². The molecule has 0 atom stereocenters. The number of aryl methyl sites for hydroxylation is 1. The number of hydrogen-bond donors (Lipinski definition) is 2. The van der Waals surface area contributed by atoms with Crippen molar-refractivity contribution in [2.45, 2.75) is 6.92 Å². The zero-order valence-corrected chi connectivity index (χ0v) is 16.8. The van der Waals surface area contributed by atoms with Crippen LogP contribution in [0.4, 0.5) is 11.4 Å². The SMILES string of the molecule is Cc1ccccc1C(=O)Nc1cccc(NC(=O)c2cc(Br)ccc2Cl)c1. The predicted octanol–water partition coefficient (Wildman–Crippen LogP) is 5.92. The van der Waals surface area contributed by atoms with Gasteiger partial charge in [0.2, 0.25) is 0 Å². The zero-order chi connectivity index (χ0) is 19.4. The van der Waals surface area contributed by atoms with Gasteiger partial charge in [-0.05, 0) is 55.0 Å². The first-order valence-corrected chi connectivity index (χ1v) is 9.34. The van der Waals surface area contributed by atoms with Crippen molar-refractivity contribution in [2.75, 3.05) is 10.6 Å². The summed E-state index contributed by atoms with van der Waals surface area (Å²) < 4.78 is 0.760. The van der Waals surface area contributed by atoms with Crippen molar-refractivity contribution in [3.63, 3.8) is 0 Å². The Balaban J connectivity index is 1.76. The topological polar surface area (TPSA) is 58.2 Å². The molecule has 0 saturated heterocycles. The second kappa shape index (κ2) is 8.37. The second-order valence-corrected chi connectivity index (χ2v) is 7.25. The third kappa shape index (κ3) is 4.76. The molecule has 0 heterocycles. The lowest BCUT2D eigenvalue weighted by molar-refractivity contribution is 0.101. The molecule has 0 fully saturated rings. The van der Waals surface area contributed by atoms with E-state index >= 15 is 0 Å². The minimum absolute atomic E-state index is 0.202. The maximum absolute atomic E-state index is 12.5. The van der Waals surface area contributed by atoms with Crippen LogP contribution in [0.3, 0.4) is 0 Å². The van der Waals surface area contributed by atoms with Gasteiger partial charge in [0.1, 0.15) is 0 Å². The summed E-state index contributed by atoms with van der Waals surface area (Å²) in [5.74, 6) is -0.532. The summed E-state index contributed by atoms with van der Waals surface area (Å²) in [6, 6.07) is 19.4. The quantitative estimate of drug-likeness (QED) is 0.526. The molecule has 0 spiro atoms. The lowest BCUT2D eigenvalue weighted by Crippen LogP contribution is -2.15. The van der Waals surface area contributed by atoms with Gasteiger partial charge in [-0.1, -0.05) is 51.8 Å². The van der Waals surface area contributed by atoms with Crippen LogP contribution in [-0.4, -0.2) is 11.8 Å². The Morgan fingerprint density at radius 3 is 2.11 bits per heavy atom. The Hall–Kier alpha value is -2.63. The summed E-state index contributed by atoms with van der Waals surface area (Å²) >= 11 is 9.43. The molecule has 0 saturated carbocycles. The molecule has 3 rings (SSSR count). The number of benzene rings is 3. The van der Waals surface area contributed by atoms with Crippen LogP contribution in [0.2, 0.25) is 5.02 Å². The van der Waals surface area contributed by atoms with Crippen molar-refractivity contribution in [3.8, 4) is 0 Å². The van der Waals surface area contributed by atoms with E-state index in [0.29, 0.717) is 27.5 Å². The van der Waals surface area contributed by atoms with E-state index in [-0.39, 0.29) is 11.8 Å². The summed E-state index contributed by atoms with van der Waals surface area (Å²) in [4.78, 5) is 24.9. The van der Waals surface area contributed by atoms with Crippen LogP contribution in [0, 0.1) is 6.92 Å². The number of halogens is 2. The van der Waals surface area contributed by atoms with Crippen molar-refractivity contribution in [1.29, 1.82) is 0 Å². The van der Waals surface area contributed by atoms with E-state index in [4.69, 9.17) is 11.6 Å². The summed E-state index contributed by atoms with van der Waals surface area (Å²) in [5.41, 5.74) is 3.00. The zero-order valence-electron chi connectivity index (χ0n) is 14.4. The molecule has 0 aliphatic heterocycles. The fraction of sp³-hybridized carbons (Fsp3) is 0.0476. The van der Waals surface area contributed by atoms with E-state index < -0.39 is 0 Å². The van der Waals surface area contributed by atoms with Crippen LogP contribution < -0.4 is 10.6 Å². The van der Waals surface area contributed by atoms with Crippen molar-refractivity contribution in [2.24, 2.45) is 0 Å². The molecule has 136 valence electrons. The fourth-order valence-electron chi connectivity index (χ4n) is 2.57. The first kappa shape index (κ1) is 19.1. The molecule has 3 aromatic carbocycles. The van der Waals surface area contributed by atoms with Gasteiger partial charge in [0.25, 0.3) is 11.8 Å². The number of nitrogens with one attached hydrogen (secondary N) is 2. The molecule has 2 amide bonds. The van der Waals surface area contributed by atoms with Crippen LogP contribution in [0.15, 0.2) is 71.2 Å². The first-order valence-electron chi connectivity index (χ1n) is 8.17. The van der Waals surface area contributed by atoms with E-state index in [1.54, 1.807) is 48.5 Å². The van der Waals surface area contributed by atoms with Gasteiger partial charge in [-0.15, -0.1) is 0 Å². The van der Waals surface area contributed by atoms with Crippen LogP contribution in [0.25, 0.3) is 0 Å². The van der Waals surface area contributed by atoms with Gasteiger partial charge in [0.15, 0.2) is 0 Å². The molecule has 0 bridgehead atoms. The molecule has 0 radical (unpaired) electrons. The van der Waals surface area contributed by atoms with Gasteiger partial charge in [0, 0.05) is 21.4 Å². The lowest BCUT2D eigenvalue weighted by Gasteiger charge is -2.11. The van der Waals surface area contributed by atoms with Crippen LogP contribution in [0.5, 0.6) is 0 Å². The summed E-state index contributed by atoms with van der Waals surface area (Å²) in [6.07, 6.45) is 0. The standard InChI is InChI=1S/C21H16BrClN2O2/c1-13-5-2-3-8-17(13)20(26)24-15-6-4-7-16(12-15)25-21(27)18-11-14(22)9-10-19(18)23/h2-12H,1H3,(H,24,26)(H,25,27). The van der Waals surface area contributed by atoms with Crippen LogP contribution in [0.1, 0.15) is 26.3 Å². The number of anilines is 2. The molecule has 2 N–H and O–H groups in total. The molecule has 3 aromatic rings. The number of carbonyl (C=O) groups excluding carboxylic acids is 2. The smallest absolute Gasteiger partial charge is 0.257 e. The first-order chi connectivity index (χ1) is 12.9. The summed E-state index contributed by atoms with van der Waals surface area (Å²) in [5, 5.41) is 6.01. The monoisotopic (exact) mass is 442 g/mol. The molecule has 4 nitrogen and oxygen atoms in total. The minimum atomic E-state index is -0.330. The maximum Gasteiger partial charge on any atom is 0.257 e. The van der Waals surface area contributed by atoms with Crippen LogP contribution >= 0.6 is 27.5 Å². The predicted molar refractivity (Wildman–Crippen MR) is 113 cm³/mol. The Morgan fingerprint density at radius 2 is 1.44 bits per heavy atom. The highest BCUT2D eigenvalue weighted by Gasteiger charge is 2.12. The van der Waals surface area contributed by atoms with E-state index in [0.717, 1.165) is 10.0 Å². The highest BCUT2D eigenvalue weighted by molar-refractivity contribution is 9.10. The lowest BCUT2D eigenvalue weighted by atomic mass is 10.1. The Labute approximate surface area is 170 Å². The van der Waals surface area contributed by atoms with Crippen molar-refractivity contribution in [1.82, 2.24) is 0 Å². The number of rotatable bonds is 4. The summed E-state index contributed by atoms with van der Waals surface area (Å²) in [7, 11) is 0.